The van der Waals surface area contributed by atoms with Crippen LogP contribution >= 0.6 is 0 Å². The summed E-state index contributed by atoms with van der Waals surface area (Å²) in [6.07, 6.45) is 0. The van der Waals surface area contributed by atoms with Gasteiger partial charge in [-0.15, -0.1) is 0 Å². The first-order chi connectivity index (χ1) is 0. The first kappa shape index (κ1) is 37.9. The fourth-order valence-corrected chi connectivity index (χ4v) is 0. The molecule has 4 heteroatoms. The molecule has 0 saturated heterocycles. The second kappa shape index (κ2) is 20.2. The van der Waals surface area contributed by atoms with Gasteiger partial charge in [0, 0.05) is 44.8 Å². The Morgan fingerprint density at radius 1 is 0.750 bits per heavy atom. The minimum Gasteiger partial charge on any atom is -0.412 e. The van der Waals surface area contributed by atoms with Gasteiger partial charge in [-0.2, -0.15) is 0 Å². The average Bonchev–Trinajstić information content (AvgIpc) is 0. The van der Waals surface area contributed by atoms with Crippen LogP contribution in [0.15, 0.2) is 0 Å². The molecule has 0 aliphatic carbocycles. The minimum atomic E-state index is 0. The molecule has 2 N–H and O–H groups in total. The van der Waals surface area contributed by atoms with Crippen molar-refractivity contribution >= 4 is 17.4 Å². The summed E-state index contributed by atoms with van der Waals surface area (Å²) < 4.78 is 0. The van der Waals surface area contributed by atoms with Gasteiger partial charge in [-0.1, -0.05) is 0 Å². The van der Waals surface area contributed by atoms with Gasteiger partial charge in [0.25, 0.3) is 0 Å². The van der Waals surface area contributed by atoms with Crippen molar-refractivity contribution in [2.75, 3.05) is 0 Å². The molecule has 0 bridgehead atoms. The molecule has 0 amide bonds. The zero-order valence-electron chi connectivity index (χ0n) is 1.10. The molecule has 0 aromatic carbocycles. The molecule has 0 spiro atoms. The van der Waals surface area contributed by atoms with Crippen LogP contribution < -0.4 is 0 Å². The number of hydrogen-bond donors (Lipinski definition) is 0. The van der Waals surface area contributed by atoms with Gasteiger partial charge in [0.1, 0.15) is 0 Å². The number of rotatable bonds is 0. The first-order valence-corrected chi connectivity index (χ1v) is 0. The van der Waals surface area contributed by atoms with Crippen LogP contribution in [0.5, 0.6) is 0 Å². The molecule has 0 rings (SSSR count). The van der Waals surface area contributed by atoms with Crippen molar-refractivity contribution in [3.63, 3.8) is 0 Å². The molecule has 4 heavy (non-hydrogen) atoms. The van der Waals surface area contributed by atoms with E-state index < -0.39 is 0 Å². The Kier molecular flexibility index (Phi) is 191. The maximum Gasteiger partial charge on any atom is 0.187 e. The van der Waals surface area contributed by atoms with Gasteiger partial charge in [0.05, 0.1) is 0 Å². The Morgan fingerprint density at radius 3 is 0.750 bits per heavy atom. The summed E-state index contributed by atoms with van der Waals surface area (Å²) in [5.41, 5.74) is 0. The normalized spacial score (nSPS) is 0. The molecule has 0 aromatic rings. The Hall–Kier alpha value is 1.97. The molecule has 0 aliphatic heterocycles. The van der Waals surface area contributed by atoms with E-state index in [1.54, 1.807) is 0 Å². The van der Waals surface area contributed by atoms with Crippen LogP contribution in [0.2, 0.25) is 0 Å². The molecule has 0 atom stereocenters. The van der Waals surface area contributed by atoms with Crippen LogP contribution in [-0.4, -0.2) is 22.8 Å². The van der Waals surface area contributed by atoms with Gasteiger partial charge >= 0.3 is 0 Å². The van der Waals surface area contributed by atoms with E-state index in [2.05, 4.69) is 0 Å². The molecule has 36 valence electrons. The van der Waals surface area contributed by atoms with E-state index in [9.17, 15) is 0 Å². The Bertz CT molecular complexity index is 6.00. The smallest absolute Gasteiger partial charge is 0.187 e. The van der Waals surface area contributed by atoms with E-state index in [1.807, 2.05) is 0 Å². The van der Waals surface area contributed by atoms with Crippen LogP contribution in [0.25, 0.3) is 0 Å². The van der Waals surface area contributed by atoms with E-state index in [4.69, 9.17) is 0 Å². The molecule has 0 saturated carbocycles. The van der Waals surface area contributed by atoms with Gasteiger partial charge in [0.15, 0.2) is 17.4 Å². The van der Waals surface area contributed by atoms with Crippen molar-refractivity contribution in [2.45, 2.75) is 0 Å². The summed E-state index contributed by atoms with van der Waals surface area (Å²) in [6.45, 7) is 0. The molecular formula is H5Ag2AlO. The van der Waals surface area contributed by atoms with E-state index in [1.165, 1.54) is 0 Å². The van der Waals surface area contributed by atoms with Crippen molar-refractivity contribution in [1.29, 1.82) is 0 Å². The molecule has 2 radical (unpaired) electrons. The number of hydrogen-bond acceptors (Lipinski definition) is 0. The molecule has 1 nitrogen and oxygen atoms in total. The third-order valence-corrected chi connectivity index (χ3v) is 0. The minimum absolute atomic E-state index is 0. The van der Waals surface area contributed by atoms with E-state index in [-0.39, 0.29) is 67.6 Å². The molecule has 0 fully saturated rings. The predicted octanol–water partition coefficient (Wildman–Crippen LogP) is -2.01. The first-order valence-electron chi connectivity index (χ1n) is 0. The molecular weight excluding hydrogens is 259 g/mol. The van der Waals surface area contributed by atoms with Crippen LogP contribution in [-0.2, 0) is 44.8 Å². The zero-order valence-corrected chi connectivity index (χ0v) is 4.07. The summed E-state index contributed by atoms with van der Waals surface area (Å²) >= 11 is 0. The zero-order chi connectivity index (χ0) is 0. The van der Waals surface area contributed by atoms with Crippen LogP contribution in [0.1, 0.15) is 0 Å². The van der Waals surface area contributed by atoms with Crippen molar-refractivity contribution in [3.05, 3.63) is 0 Å². The van der Waals surface area contributed by atoms with Gasteiger partial charge in [-0.3, -0.25) is 0 Å². The standard InChI is InChI=1S/2Ag.Al.H2O.3H/h;;;1H2;;;. The Morgan fingerprint density at radius 2 is 0.750 bits per heavy atom. The fourth-order valence-electron chi connectivity index (χ4n) is 0. The van der Waals surface area contributed by atoms with Crippen LogP contribution in [0.4, 0.5) is 0 Å². The van der Waals surface area contributed by atoms with Crippen molar-refractivity contribution in [2.24, 2.45) is 0 Å². The summed E-state index contributed by atoms with van der Waals surface area (Å²) in [7, 11) is 0. The third kappa shape index (κ3) is 9.02. The Balaban J connectivity index is 0. The molecule has 0 aromatic heterocycles. The van der Waals surface area contributed by atoms with Crippen molar-refractivity contribution < 1.29 is 50.2 Å². The van der Waals surface area contributed by atoms with E-state index in [0.29, 0.717) is 0 Å². The summed E-state index contributed by atoms with van der Waals surface area (Å²) in [5, 5.41) is 0. The van der Waals surface area contributed by atoms with Crippen molar-refractivity contribution in [3.8, 4) is 0 Å². The summed E-state index contributed by atoms with van der Waals surface area (Å²) in [4.78, 5) is 0. The largest absolute Gasteiger partial charge is 0.412 e. The molecule has 0 aliphatic rings. The quantitative estimate of drug-likeness (QED) is 0.453. The predicted molar refractivity (Wildman–Crippen MR) is 13.6 cm³/mol. The Labute approximate surface area is 67.0 Å². The summed E-state index contributed by atoms with van der Waals surface area (Å²) in [5.74, 6) is 0. The fraction of sp³-hybridized carbons (Fsp3) is 0. The van der Waals surface area contributed by atoms with Gasteiger partial charge in [-0.05, 0) is 0 Å². The SMILES string of the molecule is O.[Ag].[Ag].[AlH3]. The maximum absolute atomic E-state index is 0. The average molecular weight is 264 g/mol. The van der Waals surface area contributed by atoms with Gasteiger partial charge < -0.3 is 5.48 Å². The van der Waals surface area contributed by atoms with Gasteiger partial charge in [-0.25, -0.2) is 0 Å². The van der Waals surface area contributed by atoms with E-state index >= 15 is 0 Å². The third-order valence-electron chi connectivity index (χ3n) is 0. The second-order valence-corrected chi connectivity index (χ2v) is 0. The summed E-state index contributed by atoms with van der Waals surface area (Å²) in [6, 6.07) is 0. The second-order valence-electron chi connectivity index (χ2n) is 0. The molecule has 0 unspecified atom stereocenters. The monoisotopic (exact) mass is 262 g/mol. The van der Waals surface area contributed by atoms with Crippen LogP contribution in [0.3, 0.4) is 0 Å². The van der Waals surface area contributed by atoms with Crippen molar-refractivity contribution in [1.82, 2.24) is 0 Å². The van der Waals surface area contributed by atoms with Crippen LogP contribution in [0, 0.1) is 0 Å². The van der Waals surface area contributed by atoms with Gasteiger partial charge in [0.2, 0.25) is 0 Å². The van der Waals surface area contributed by atoms with E-state index in [0.717, 1.165) is 0 Å². The maximum atomic E-state index is 0. The topological polar surface area (TPSA) is 31.5 Å². The molecule has 0 heterocycles.